The van der Waals surface area contributed by atoms with Crippen molar-refractivity contribution in [3.8, 4) is 0 Å². The monoisotopic (exact) mass is 268 g/mol. The summed E-state index contributed by atoms with van der Waals surface area (Å²) < 4.78 is 6.68. The first kappa shape index (κ1) is 13.5. The Hall–Kier alpha value is -1.96. The van der Waals surface area contributed by atoms with E-state index in [1.165, 1.54) is 6.20 Å². The third-order valence-electron chi connectivity index (χ3n) is 2.76. The molecule has 0 radical (unpaired) electrons. The second kappa shape index (κ2) is 5.35. The molecule has 1 aromatic heterocycles. The molecule has 104 valence electrons. The van der Waals surface area contributed by atoms with Crippen molar-refractivity contribution in [2.75, 3.05) is 13.1 Å². The van der Waals surface area contributed by atoms with Crippen molar-refractivity contribution in [3.05, 3.63) is 11.9 Å². The molecule has 2 rings (SSSR count). The maximum Gasteiger partial charge on any atom is 0.325 e. The van der Waals surface area contributed by atoms with Crippen molar-refractivity contribution in [2.24, 2.45) is 0 Å². The number of hydrogen-bond donors (Lipinski definition) is 1. The van der Waals surface area contributed by atoms with Gasteiger partial charge >= 0.3 is 5.97 Å². The van der Waals surface area contributed by atoms with E-state index >= 15 is 0 Å². The normalized spacial score (nSPS) is 23.4. The molecule has 0 aromatic carbocycles. The van der Waals surface area contributed by atoms with E-state index in [0.29, 0.717) is 13.1 Å². The molecule has 0 saturated carbocycles. The fourth-order valence-corrected chi connectivity index (χ4v) is 2.12. The van der Waals surface area contributed by atoms with Gasteiger partial charge in [-0.3, -0.25) is 9.59 Å². The van der Waals surface area contributed by atoms with E-state index in [0.717, 1.165) is 4.68 Å². The van der Waals surface area contributed by atoms with Crippen molar-refractivity contribution in [3.63, 3.8) is 0 Å². The zero-order chi connectivity index (χ0) is 14.0. The molecule has 1 amide bonds. The van der Waals surface area contributed by atoms with Crippen LogP contribution in [0.3, 0.4) is 0 Å². The Morgan fingerprint density at radius 3 is 2.63 bits per heavy atom. The van der Waals surface area contributed by atoms with Crippen molar-refractivity contribution in [1.29, 1.82) is 0 Å². The minimum atomic E-state index is -1.03. The Balaban J connectivity index is 2.06. The molecule has 0 bridgehead atoms. The van der Waals surface area contributed by atoms with Gasteiger partial charge in [0.15, 0.2) is 5.69 Å². The third kappa shape index (κ3) is 3.28. The molecule has 1 aliphatic heterocycles. The van der Waals surface area contributed by atoms with Crippen LogP contribution in [-0.2, 0) is 16.1 Å². The second-order valence-electron chi connectivity index (χ2n) is 4.66. The molecule has 1 saturated heterocycles. The van der Waals surface area contributed by atoms with E-state index in [9.17, 15) is 9.59 Å². The standard InChI is InChI=1S/C11H16N4O4/c1-7-3-14(4-8(2)19-7)11(18)9-5-15(13-12-9)6-10(16)17/h5,7-8H,3-4,6H2,1-2H3,(H,16,17)/t7-,8+. The minimum Gasteiger partial charge on any atom is -0.480 e. The van der Waals surface area contributed by atoms with Gasteiger partial charge in [-0.25, -0.2) is 4.68 Å². The van der Waals surface area contributed by atoms with Crippen LogP contribution in [0, 0.1) is 0 Å². The van der Waals surface area contributed by atoms with Gasteiger partial charge in [-0.1, -0.05) is 5.21 Å². The number of carboxylic acids is 1. The lowest BCUT2D eigenvalue weighted by Gasteiger charge is -2.34. The maximum atomic E-state index is 12.2. The quantitative estimate of drug-likeness (QED) is 0.802. The molecule has 8 nitrogen and oxygen atoms in total. The highest BCUT2D eigenvalue weighted by molar-refractivity contribution is 5.92. The number of amides is 1. The Bertz CT molecular complexity index is 477. The van der Waals surface area contributed by atoms with Gasteiger partial charge in [0.25, 0.3) is 5.91 Å². The van der Waals surface area contributed by atoms with Gasteiger partial charge in [0.1, 0.15) is 6.54 Å². The average Bonchev–Trinajstić information content (AvgIpc) is 2.74. The van der Waals surface area contributed by atoms with E-state index in [1.807, 2.05) is 13.8 Å². The predicted molar refractivity (Wildman–Crippen MR) is 63.6 cm³/mol. The third-order valence-corrected chi connectivity index (χ3v) is 2.76. The van der Waals surface area contributed by atoms with E-state index in [1.54, 1.807) is 4.90 Å². The Morgan fingerprint density at radius 2 is 2.05 bits per heavy atom. The van der Waals surface area contributed by atoms with Gasteiger partial charge in [0.2, 0.25) is 0 Å². The zero-order valence-corrected chi connectivity index (χ0v) is 10.8. The molecule has 0 spiro atoms. The summed E-state index contributed by atoms with van der Waals surface area (Å²) in [4.78, 5) is 24.4. The number of aliphatic carboxylic acids is 1. The van der Waals surface area contributed by atoms with Crippen LogP contribution in [0.1, 0.15) is 24.3 Å². The topological polar surface area (TPSA) is 97.6 Å². The molecular weight excluding hydrogens is 252 g/mol. The van der Waals surface area contributed by atoms with Crippen LogP contribution >= 0.6 is 0 Å². The highest BCUT2D eigenvalue weighted by Crippen LogP contribution is 2.13. The van der Waals surface area contributed by atoms with Crippen LogP contribution in [0.2, 0.25) is 0 Å². The van der Waals surface area contributed by atoms with Crippen LogP contribution in [0.5, 0.6) is 0 Å². The van der Waals surface area contributed by atoms with Gasteiger partial charge in [-0.05, 0) is 13.8 Å². The largest absolute Gasteiger partial charge is 0.480 e. The van der Waals surface area contributed by atoms with Gasteiger partial charge in [-0.15, -0.1) is 5.10 Å². The molecular formula is C11H16N4O4. The summed E-state index contributed by atoms with van der Waals surface area (Å²) in [5.41, 5.74) is 0.155. The number of carboxylic acid groups (broad SMARTS) is 1. The van der Waals surface area contributed by atoms with Crippen molar-refractivity contribution in [1.82, 2.24) is 19.9 Å². The number of rotatable bonds is 3. The number of nitrogens with zero attached hydrogens (tertiary/aromatic N) is 4. The summed E-state index contributed by atoms with van der Waals surface area (Å²) in [5, 5.41) is 16.0. The lowest BCUT2D eigenvalue weighted by molar-refractivity contribution is -0.137. The van der Waals surface area contributed by atoms with E-state index in [4.69, 9.17) is 9.84 Å². The first-order chi connectivity index (χ1) is 8.95. The molecule has 0 aliphatic carbocycles. The molecule has 1 aromatic rings. The van der Waals surface area contributed by atoms with Crippen molar-refractivity contribution < 1.29 is 19.4 Å². The van der Waals surface area contributed by atoms with Gasteiger partial charge in [0.05, 0.1) is 18.4 Å². The van der Waals surface area contributed by atoms with Crippen molar-refractivity contribution >= 4 is 11.9 Å². The van der Waals surface area contributed by atoms with Crippen LogP contribution in [0.25, 0.3) is 0 Å². The average molecular weight is 268 g/mol. The summed E-state index contributed by atoms with van der Waals surface area (Å²) in [7, 11) is 0. The second-order valence-corrected chi connectivity index (χ2v) is 4.66. The lowest BCUT2D eigenvalue weighted by Crippen LogP contribution is -2.48. The first-order valence-corrected chi connectivity index (χ1v) is 6.02. The number of aromatic nitrogens is 3. The lowest BCUT2D eigenvalue weighted by atomic mass is 10.2. The molecule has 1 aliphatic rings. The highest BCUT2D eigenvalue weighted by atomic mass is 16.5. The highest BCUT2D eigenvalue weighted by Gasteiger charge is 2.28. The molecule has 19 heavy (non-hydrogen) atoms. The summed E-state index contributed by atoms with van der Waals surface area (Å²) >= 11 is 0. The van der Waals surface area contributed by atoms with Crippen LogP contribution in [-0.4, -0.2) is 62.2 Å². The van der Waals surface area contributed by atoms with Gasteiger partial charge in [-0.2, -0.15) is 0 Å². The Labute approximate surface area is 109 Å². The SMILES string of the molecule is C[C@@H]1CN(C(=O)c2cn(CC(=O)O)nn2)C[C@H](C)O1. The number of ether oxygens (including phenoxy) is 1. The Morgan fingerprint density at radius 1 is 1.42 bits per heavy atom. The number of hydrogen-bond acceptors (Lipinski definition) is 5. The molecule has 2 heterocycles. The van der Waals surface area contributed by atoms with Crippen LogP contribution < -0.4 is 0 Å². The fraction of sp³-hybridized carbons (Fsp3) is 0.636. The maximum absolute atomic E-state index is 12.2. The molecule has 0 unspecified atom stereocenters. The summed E-state index contributed by atoms with van der Waals surface area (Å²) in [5.74, 6) is -1.28. The van der Waals surface area contributed by atoms with Gasteiger partial charge in [0, 0.05) is 13.1 Å². The number of carbonyl (C=O) groups is 2. The first-order valence-electron chi connectivity index (χ1n) is 6.02. The van der Waals surface area contributed by atoms with Crippen LogP contribution in [0.4, 0.5) is 0 Å². The number of morpholine rings is 1. The predicted octanol–water partition coefficient (Wildman–Crippen LogP) is -0.388. The zero-order valence-electron chi connectivity index (χ0n) is 10.8. The summed E-state index contributed by atoms with van der Waals surface area (Å²) in [6.45, 7) is 4.48. The molecule has 8 heteroatoms. The van der Waals surface area contributed by atoms with Gasteiger partial charge < -0.3 is 14.7 Å². The molecule has 2 atom stereocenters. The van der Waals surface area contributed by atoms with Crippen molar-refractivity contribution in [2.45, 2.75) is 32.6 Å². The van der Waals surface area contributed by atoms with E-state index in [-0.39, 0.29) is 30.4 Å². The summed E-state index contributed by atoms with van der Waals surface area (Å²) in [6.07, 6.45) is 1.30. The number of carbonyl (C=O) groups excluding carboxylic acids is 1. The molecule has 1 fully saturated rings. The fourth-order valence-electron chi connectivity index (χ4n) is 2.12. The van der Waals surface area contributed by atoms with Crippen LogP contribution in [0.15, 0.2) is 6.20 Å². The summed E-state index contributed by atoms with van der Waals surface area (Å²) in [6, 6.07) is 0. The smallest absolute Gasteiger partial charge is 0.325 e. The molecule has 1 N–H and O–H groups in total. The van der Waals surface area contributed by atoms with E-state index in [2.05, 4.69) is 10.3 Å². The minimum absolute atomic E-state index is 0.0261. The Kier molecular flexibility index (Phi) is 3.79. The van der Waals surface area contributed by atoms with E-state index < -0.39 is 5.97 Å².